The van der Waals surface area contributed by atoms with Crippen molar-refractivity contribution in [2.75, 3.05) is 56.6 Å². The molecule has 2 aromatic rings. The molecule has 3 rings (SSSR count). The second-order valence-corrected chi connectivity index (χ2v) is 8.16. The SMILES string of the molecule is CCCCNC(=O)CN1CCN(c2ccc(NC(=O)c3ccccc3OC)c(C(=O)O)c2)CC1. The number of aromatic carboxylic acids is 1. The highest BCUT2D eigenvalue weighted by Crippen LogP contribution is 2.26. The summed E-state index contributed by atoms with van der Waals surface area (Å²) in [4.78, 5) is 40.9. The molecule has 1 fully saturated rings. The zero-order chi connectivity index (χ0) is 24.5. The van der Waals surface area contributed by atoms with Crippen LogP contribution in [-0.2, 0) is 4.79 Å². The van der Waals surface area contributed by atoms with Crippen LogP contribution in [0.1, 0.15) is 40.5 Å². The van der Waals surface area contributed by atoms with Gasteiger partial charge < -0.3 is 25.4 Å². The number of benzene rings is 2. The number of carboxylic acids is 1. The summed E-state index contributed by atoms with van der Waals surface area (Å²) in [7, 11) is 1.47. The number of nitrogens with zero attached hydrogens (tertiary/aromatic N) is 2. The largest absolute Gasteiger partial charge is 0.496 e. The number of ether oxygens (including phenoxy) is 1. The number of hydrogen-bond acceptors (Lipinski definition) is 6. The average Bonchev–Trinajstić information content (AvgIpc) is 2.84. The molecule has 0 spiro atoms. The summed E-state index contributed by atoms with van der Waals surface area (Å²) in [6, 6.07) is 11.8. The second-order valence-electron chi connectivity index (χ2n) is 8.16. The summed E-state index contributed by atoms with van der Waals surface area (Å²) in [5, 5.41) is 15.4. The van der Waals surface area contributed by atoms with Crippen molar-refractivity contribution in [2.24, 2.45) is 0 Å². The van der Waals surface area contributed by atoms with E-state index in [-0.39, 0.29) is 17.2 Å². The maximum absolute atomic E-state index is 12.7. The fraction of sp³-hybridized carbons (Fsp3) is 0.400. The molecule has 2 amide bonds. The van der Waals surface area contributed by atoms with Crippen LogP contribution in [0, 0.1) is 0 Å². The lowest BCUT2D eigenvalue weighted by molar-refractivity contribution is -0.122. The molecule has 9 nitrogen and oxygen atoms in total. The first kappa shape index (κ1) is 25.0. The maximum atomic E-state index is 12.7. The summed E-state index contributed by atoms with van der Waals surface area (Å²) in [6.07, 6.45) is 2.01. The first-order valence-corrected chi connectivity index (χ1v) is 11.5. The summed E-state index contributed by atoms with van der Waals surface area (Å²) in [5.41, 5.74) is 1.31. The standard InChI is InChI=1S/C25H32N4O5/c1-3-4-11-26-23(30)17-28-12-14-29(15-13-28)18-9-10-21(20(16-18)25(32)33)27-24(31)19-7-5-6-8-22(19)34-2/h5-10,16H,3-4,11-15,17H2,1-2H3,(H,26,30)(H,27,31)(H,32,33). The molecular formula is C25H32N4O5. The van der Waals surface area contributed by atoms with Gasteiger partial charge in [-0.1, -0.05) is 25.5 Å². The molecule has 0 aliphatic carbocycles. The quantitative estimate of drug-likeness (QED) is 0.460. The van der Waals surface area contributed by atoms with Crippen LogP contribution >= 0.6 is 0 Å². The van der Waals surface area contributed by atoms with E-state index in [1.807, 2.05) is 0 Å². The number of rotatable bonds is 10. The van der Waals surface area contributed by atoms with E-state index in [9.17, 15) is 19.5 Å². The van der Waals surface area contributed by atoms with E-state index in [1.54, 1.807) is 42.5 Å². The van der Waals surface area contributed by atoms with Gasteiger partial charge in [0.25, 0.3) is 5.91 Å². The molecule has 34 heavy (non-hydrogen) atoms. The lowest BCUT2D eigenvalue weighted by Gasteiger charge is -2.36. The van der Waals surface area contributed by atoms with E-state index in [0.717, 1.165) is 18.5 Å². The van der Waals surface area contributed by atoms with Crippen LogP contribution in [-0.4, -0.2) is 74.2 Å². The Morgan fingerprint density at radius 3 is 2.44 bits per heavy atom. The van der Waals surface area contributed by atoms with Crippen molar-refractivity contribution in [1.29, 1.82) is 0 Å². The van der Waals surface area contributed by atoms with Crippen molar-refractivity contribution in [3.63, 3.8) is 0 Å². The summed E-state index contributed by atoms with van der Waals surface area (Å²) >= 11 is 0. The molecule has 1 saturated heterocycles. The molecule has 0 aromatic heterocycles. The van der Waals surface area contributed by atoms with Gasteiger partial charge in [0.2, 0.25) is 5.91 Å². The molecule has 0 bridgehead atoms. The monoisotopic (exact) mass is 468 g/mol. The van der Waals surface area contributed by atoms with Crippen LogP contribution in [0.4, 0.5) is 11.4 Å². The summed E-state index contributed by atoms with van der Waals surface area (Å²) in [5.74, 6) is -1.13. The van der Waals surface area contributed by atoms with Crippen molar-refractivity contribution < 1.29 is 24.2 Å². The van der Waals surface area contributed by atoms with Gasteiger partial charge in [-0.15, -0.1) is 0 Å². The molecule has 9 heteroatoms. The Bertz CT molecular complexity index is 1020. The first-order chi connectivity index (χ1) is 16.4. The lowest BCUT2D eigenvalue weighted by Crippen LogP contribution is -2.49. The number of hydrogen-bond donors (Lipinski definition) is 3. The molecule has 1 heterocycles. The van der Waals surface area contributed by atoms with Crippen molar-refractivity contribution in [3.8, 4) is 5.75 Å². The predicted octanol–water partition coefficient (Wildman–Crippen LogP) is 2.68. The highest BCUT2D eigenvalue weighted by atomic mass is 16.5. The smallest absolute Gasteiger partial charge is 0.337 e. The minimum Gasteiger partial charge on any atom is -0.496 e. The molecule has 1 aliphatic heterocycles. The fourth-order valence-corrected chi connectivity index (χ4v) is 3.86. The van der Waals surface area contributed by atoms with Gasteiger partial charge in [-0.25, -0.2) is 4.79 Å². The van der Waals surface area contributed by atoms with Crippen molar-refractivity contribution >= 4 is 29.2 Å². The molecule has 0 atom stereocenters. The Hall–Kier alpha value is -3.59. The van der Waals surface area contributed by atoms with Gasteiger partial charge in [0.15, 0.2) is 0 Å². The second kappa shape index (κ2) is 12.0. The van der Waals surface area contributed by atoms with Gasteiger partial charge in [0, 0.05) is 38.4 Å². The van der Waals surface area contributed by atoms with Crippen LogP contribution in [0.5, 0.6) is 5.75 Å². The average molecular weight is 469 g/mol. The Morgan fingerprint density at radius 1 is 1.03 bits per heavy atom. The fourth-order valence-electron chi connectivity index (χ4n) is 3.86. The number of anilines is 2. The number of amides is 2. The Balaban J connectivity index is 1.64. The van der Waals surface area contributed by atoms with E-state index in [0.29, 0.717) is 50.6 Å². The van der Waals surface area contributed by atoms with Crippen molar-refractivity contribution in [1.82, 2.24) is 10.2 Å². The number of piperazine rings is 1. The molecule has 182 valence electrons. The predicted molar refractivity (Wildman–Crippen MR) is 131 cm³/mol. The Morgan fingerprint density at radius 2 is 1.76 bits per heavy atom. The number of unbranched alkanes of at least 4 members (excludes halogenated alkanes) is 1. The van der Waals surface area contributed by atoms with E-state index in [2.05, 4.69) is 27.4 Å². The van der Waals surface area contributed by atoms with Gasteiger partial charge in [0.1, 0.15) is 5.75 Å². The van der Waals surface area contributed by atoms with E-state index in [4.69, 9.17) is 4.74 Å². The van der Waals surface area contributed by atoms with E-state index < -0.39 is 11.9 Å². The molecule has 1 aliphatic rings. The lowest BCUT2D eigenvalue weighted by atomic mass is 10.1. The van der Waals surface area contributed by atoms with Crippen molar-refractivity contribution in [2.45, 2.75) is 19.8 Å². The third kappa shape index (κ3) is 6.48. The van der Waals surface area contributed by atoms with Gasteiger partial charge in [-0.2, -0.15) is 0 Å². The van der Waals surface area contributed by atoms with Crippen LogP contribution in [0.2, 0.25) is 0 Å². The maximum Gasteiger partial charge on any atom is 0.337 e. The zero-order valence-electron chi connectivity index (χ0n) is 19.7. The molecule has 0 saturated carbocycles. The van der Waals surface area contributed by atoms with Crippen LogP contribution in [0.15, 0.2) is 42.5 Å². The van der Waals surface area contributed by atoms with Crippen LogP contribution < -0.4 is 20.3 Å². The number of nitrogens with one attached hydrogen (secondary N) is 2. The van der Waals surface area contributed by atoms with Gasteiger partial charge in [-0.3, -0.25) is 14.5 Å². The van der Waals surface area contributed by atoms with Crippen LogP contribution in [0.25, 0.3) is 0 Å². The molecule has 0 unspecified atom stereocenters. The molecule has 2 aromatic carbocycles. The molecular weight excluding hydrogens is 436 g/mol. The Labute approximate surface area is 199 Å². The van der Waals surface area contributed by atoms with Crippen molar-refractivity contribution in [3.05, 3.63) is 53.6 Å². The first-order valence-electron chi connectivity index (χ1n) is 11.5. The molecule has 3 N–H and O–H groups in total. The van der Waals surface area contributed by atoms with Gasteiger partial charge in [0.05, 0.1) is 30.5 Å². The Kier molecular flexibility index (Phi) is 8.86. The third-order valence-corrected chi connectivity index (χ3v) is 5.79. The van der Waals surface area contributed by atoms with E-state index in [1.165, 1.54) is 7.11 Å². The number of carboxylic acid groups (broad SMARTS) is 1. The van der Waals surface area contributed by atoms with E-state index >= 15 is 0 Å². The zero-order valence-corrected chi connectivity index (χ0v) is 19.7. The third-order valence-electron chi connectivity index (χ3n) is 5.79. The number of methoxy groups -OCH3 is 1. The summed E-state index contributed by atoms with van der Waals surface area (Å²) in [6.45, 7) is 5.91. The van der Waals surface area contributed by atoms with Crippen LogP contribution in [0.3, 0.4) is 0 Å². The number of carbonyl (C=O) groups excluding carboxylic acids is 2. The highest BCUT2D eigenvalue weighted by Gasteiger charge is 2.22. The highest BCUT2D eigenvalue weighted by molar-refractivity contribution is 6.09. The minimum absolute atomic E-state index is 0.0125. The number of carbonyl (C=O) groups is 3. The summed E-state index contributed by atoms with van der Waals surface area (Å²) < 4.78 is 5.22. The number of para-hydroxylation sites is 1. The minimum atomic E-state index is -1.13. The van der Waals surface area contributed by atoms with Gasteiger partial charge in [-0.05, 0) is 36.8 Å². The topological polar surface area (TPSA) is 111 Å². The van der Waals surface area contributed by atoms with Gasteiger partial charge >= 0.3 is 5.97 Å². The molecule has 0 radical (unpaired) electrons. The normalized spacial score (nSPS) is 13.9.